The molecule has 6 nitrogen and oxygen atoms in total. The third-order valence-electron chi connectivity index (χ3n) is 2.81. The summed E-state index contributed by atoms with van der Waals surface area (Å²) in [6.45, 7) is 1.73. The topological polar surface area (TPSA) is 98.0 Å². The zero-order valence-electron chi connectivity index (χ0n) is 11.2. The molecule has 2 rings (SSSR count). The molecule has 0 bridgehead atoms. The quantitative estimate of drug-likeness (QED) is 0.801. The van der Waals surface area contributed by atoms with E-state index in [9.17, 15) is 8.42 Å². The number of sulfonamides is 1. The molecule has 1 unspecified atom stereocenters. The molecular formula is C13H14N4O2S2. The maximum absolute atomic E-state index is 12.5. The number of rotatable bonds is 5. The summed E-state index contributed by atoms with van der Waals surface area (Å²) in [6, 6.07) is 6.02. The van der Waals surface area contributed by atoms with Gasteiger partial charge in [-0.1, -0.05) is 18.3 Å². The summed E-state index contributed by atoms with van der Waals surface area (Å²) in [6.07, 6.45) is 4.67. The fourth-order valence-corrected chi connectivity index (χ4v) is 3.42. The van der Waals surface area contributed by atoms with Crippen molar-refractivity contribution in [3.8, 4) is 0 Å². The van der Waals surface area contributed by atoms with Crippen LogP contribution < -0.4 is 10.5 Å². The van der Waals surface area contributed by atoms with Gasteiger partial charge in [0.15, 0.2) is 0 Å². The first-order valence-corrected chi connectivity index (χ1v) is 7.98. The van der Waals surface area contributed by atoms with Crippen molar-refractivity contribution in [3.05, 3.63) is 54.1 Å². The van der Waals surface area contributed by atoms with Gasteiger partial charge in [0.25, 0.3) is 0 Å². The summed E-state index contributed by atoms with van der Waals surface area (Å²) in [5.74, 6) is 0. The molecule has 0 saturated carbocycles. The largest absolute Gasteiger partial charge is 0.388 e. The highest BCUT2D eigenvalue weighted by atomic mass is 32.2. The number of nitrogens with zero attached hydrogens (tertiary/aromatic N) is 2. The minimum Gasteiger partial charge on any atom is -0.388 e. The van der Waals surface area contributed by atoms with Crippen molar-refractivity contribution < 1.29 is 8.42 Å². The Labute approximate surface area is 128 Å². The van der Waals surface area contributed by atoms with Crippen molar-refractivity contribution in [2.45, 2.75) is 17.9 Å². The van der Waals surface area contributed by atoms with Crippen molar-refractivity contribution >= 4 is 27.2 Å². The Morgan fingerprint density at radius 3 is 2.67 bits per heavy atom. The van der Waals surface area contributed by atoms with Gasteiger partial charge < -0.3 is 5.73 Å². The van der Waals surface area contributed by atoms with E-state index in [-0.39, 0.29) is 15.6 Å². The summed E-state index contributed by atoms with van der Waals surface area (Å²) in [4.78, 5) is 7.79. The summed E-state index contributed by atoms with van der Waals surface area (Å²) < 4.78 is 27.5. The van der Waals surface area contributed by atoms with Crippen molar-refractivity contribution in [2.24, 2.45) is 5.73 Å². The Balaban J connectivity index is 2.34. The van der Waals surface area contributed by atoms with E-state index in [1.165, 1.54) is 18.3 Å². The van der Waals surface area contributed by atoms with Crippen LogP contribution in [-0.4, -0.2) is 23.4 Å². The molecular weight excluding hydrogens is 308 g/mol. The van der Waals surface area contributed by atoms with Gasteiger partial charge in [-0.2, -0.15) is 0 Å². The maximum Gasteiger partial charge on any atom is 0.243 e. The summed E-state index contributed by atoms with van der Waals surface area (Å²) in [7, 11) is -3.79. The number of hydrogen-bond donors (Lipinski definition) is 2. The van der Waals surface area contributed by atoms with Crippen LogP contribution in [0.25, 0.3) is 0 Å². The predicted molar refractivity (Wildman–Crippen MR) is 83.1 cm³/mol. The van der Waals surface area contributed by atoms with Gasteiger partial charge in [-0.15, -0.1) is 0 Å². The fourth-order valence-electron chi connectivity index (χ4n) is 1.79. The third-order valence-corrected chi connectivity index (χ3v) is 4.58. The van der Waals surface area contributed by atoms with Gasteiger partial charge in [-0.25, -0.2) is 13.1 Å². The lowest BCUT2D eigenvalue weighted by molar-refractivity contribution is 0.566. The minimum atomic E-state index is -3.79. The van der Waals surface area contributed by atoms with Crippen LogP contribution in [0.2, 0.25) is 0 Å². The average Bonchev–Trinajstić information content (AvgIpc) is 2.47. The molecule has 1 atom stereocenters. The maximum atomic E-state index is 12.5. The molecule has 0 saturated heterocycles. The van der Waals surface area contributed by atoms with Gasteiger partial charge in [-0.3, -0.25) is 9.97 Å². The fraction of sp³-hybridized carbons (Fsp3) is 0.154. The third kappa shape index (κ3) is 3.60. The lowest BCUT2D eigenvalue weighted by Gasteiger charge is -2.15. The SMILES string of the molecule is CC(NS(=O)(=O)c1cccnc1C(N)=S)c1cccnc1. The average molecular weight is 322 g/mol. The van der Waals surface area contributed by atoms with E-state index in [2.05, 4.69) is 14.7 Å². The van der Waals surface area contributed by atoms with Crippen molar-refractivity contribution in [2.75, 3.05) is 0 Å². The van der Waals surface area contributed by atoms with E-state index in [1.54, 1.807) is 31.5 Å². The van der Waals surface area contributed by atoms with Crippen LogP contribution in [0.1, 0.15) is 24.2 Å². The van der Waals surface area contributed by atoms with E-state index < -0.39 is 16.1 Å². The van der Waals surface area contributed by atoms with Crippen LogP contribution in [0.4, 0.5) is 0 Å². The first-order valence-electron chi connectivity index (χ1n) is 6.09. The molecule has 3 N–H and O–H groups in total. The van der Waals surface area contributed by atoms with E-state index >= 15 is 0 Å². The molecule has 0 aromatic carbocycles. The van der Waals surface area contributed by atoms with Gasteiger partial charge in [0.1, 0.15) is 15.6 Å². The van der Waals surface area contributed by atoms with Crippen LogP contribution in [-0.2, 0) is 10.0 Å². The molecule has 0 aliphatic rings. The van der Waals surface area contributed by atoms with Gasteiger partial charge in [-0.05, 0) is 30.7 Å². The molecule has 0 amide bonds. The highest BCUT2D eigenvalue weighted by Crippen LogP contribution is 2.18. The van der Waals surface area contributed by atoms with Gasteiger partial charge in [0.2, 0.25) is 10.0 Å². The Bertz CT molecular complexity index is 748. The zero-order valence-corrected chi connectivity index (χ0v) is 12.9. The molecule has 0 spiro atoms. The predicted octanol–water partition coefficient (Wildman–Crippen LogP) is 1.15. The molecule has 0 fully saturated rings. The van der Waals surface area contributed by atoms with Crippen LogP contribution in [0.5, 0.6) is 0 Å². The first kappa shape index (κ1) is 15.5. The van der Waals surface area contributed by atoms with Crippen LogP contribution in [0, 0.1) is 0 Å². The van der Waals surface area contributed by atoms with Gasteiger partial charge in [0, 0.05) is 24.6 Å². The molecule has 8 heteroatoms. The Morgan fingerprint density at radius 2 is 2.05 bits per heavy atom. The summed E-state index contributed by atoms with van der Waals surface area (Å²) in [5.41, 5.74) is 6.35. The first-order chi connectivity index (χ1) is 9.92. The van der Waals surface area contributed by atoms with E-state index in [1.807, 2.05) is 0 Å². The smallest absolute Gasteiger partial charge is 0.243 e. The Hall–Kier alpha value is -1.90. The number of nitrogens with one attached hydrogen (secondary N) is 1. The Kier molecular flexibility index (Phi) is 4.61. The highest BCUT2D eigenvalue weighted by molar-refractivity contribution is 7.89. The Morgan fingerprint density at radius 1 is 1.33 bits per heavy atom. The van der Waals surface area contributed by atoms with Crippen LogP contribution in [0.3, 0.4) is 0 Å². The highest BCUT2D eigenvalue weighted by Gasteiger charge is 2.23. The van der Waals surface area contributed by atoms with Crippen molar-refractivity contribution in [3.63, 3.8) is 0 Å². The second-order valence-corrected chi connectivity index (χ2v) is 6.47. The van der Waals surface area contributed by atoms with E-state index in [0.717, 1.165) is 5.56 Å². The number of thiocarbonyl (C=S) groups is 1. The molecule has 2 heterocycles. The lowest BCUT2D eigenvalue weighted by Crippen LogP contribution is -2.29. The second-order valence-electron chi connectivity index (χ2n) is 4.34. The number of hydrogen-bond acceptors (Lipinski definition) is 5. The molecule has 2 aromatic rings. The molecule has 110 valence electrons. The molecule has 0 radical (unpaired) electrons. The van der Waals surface area contributed by atoms with Gasteiger partial charge >= 0.3 is 0 Å². The van der Waals surface area contributed by atoms with Crippen LogP contribution >= 0.6 is 12.2 Å². The summed E-state index contributed by atoms with van der Waals surface area (Å²) >= 11 is 4.84. The normalized spacial score (nSPS) is 12.8. The molecule has 21 heavy (non-hydrogen) atoms. The second kappa shape index (κ2) is 6.25. The summed E-state index contributed by atoms with van der Waals surface area (Å²) in [5, 5.41) is 0. The molecule has 2 aromatic heterocycles. The molecule has 0 aliphatic heterocycles. The van der Waals surface area contributed by atoms with E-state index in [0.29, 0.717) is 0 Å². The lowest BCUT2D eigenvalue weighted by atomic mass is 10.2. The molecule has 0 aliphatic carbocycles. The minimum absolute atomic E-state index is 0.0340. The monoisotopic (exact) mass is 322 g/mol. The number of pyridine rings is 2. The standard InChI is InChI=1S/C13H14N4O2S2/c1-9(10-4-2-6-15-8-10)17-21(18,19)11-5-3-7-16-12(11)13(14)20/h2-9,17H,1H3,(H2,14,20). The van der Waals surface area contributed by atoms with Crippen molar-refractivity contribution in [1.29, 1.82) is 0 Å². The van der Waals surface area contributed by atoms with Crippen LogP contribution in [0.15, 0.2) is 47.8 Å². The van der Waals surface area contributed by atoms with E-state index in [4.69, 9.17) is 18.0 Å². The van der Waals surface area contributed by atoms with Crippen molar-refractivity contribution in [1.82, 2.24) is 14.7 Å². The van der Waals surface area contributed by atoms with Gasteiger partial charge in [0.05, 0.1) is 0 Å². The number of nitrogens with two attached hydrogens (primary N) is 1. The zero-order chi connectivity index (χ0) is 15.5. The number of aromatic nitrogens is 2.